The van der Waals surface area contributed by atoms with Crippen molar-refractivity contribution in [3.8, 4) is 0 Å². The molecule has 0 radical (unpaired) electrons. The maximum Gasteiger partial charge on any atom is 0.247 e. The monoisotopic (exact) mass is 378 g/mol. The molecule has 0 unspecified atom stereocenters. The number of carbonyl (C=O) groups is 4. The van der Waals surface area contributed by atoms with Crippen LogP contribution in [0.4, 0.5) is 5.69 Å². The summed E-state index contributed by atoms with van der Waals surface area (Å²) in [5.74, 6) is -0.0681. The molecule has 1 N–H and O–H groups in total. The minimum atomic E-state index is -0.867. The lowest BCUT2D eigenvalue weighted by atomic mass is 9.63. The lowest BCUT2D eigenvalue weighted by molar-refractivity contribution is -0.146. The van der Waals surface area contributed by atoms with Gasteiger partial charge in [0.05, 0.1) is 11.8 Å². The summed E-state index contributed by atoms with van der Waals surface area (Å²) in [7, 11) is 0. The van der Waals surface area contributed by atoms with E-state index in [1.165, 1.54) is 11.8 Å². The summed E-state index contributed by atoms with van der Waals surface area (Å²) in [5, 5.41) is 2.75. The number of imide groups is 1. The Morgan fingerprint density at radius 2 is 1.54 bits per heavy atom. The largest absolute Gasteiger partial charge is 0.324 e. The van der Waals surface area contributed by atoms with Crippen molar-refractivity contribution in [2.24, 2.45) is 35.5 Å². The third kappa shape index (κ3) is 2.33. The summed E-state index contributed by atoms with van der Waals surface area (Å²) in [6.45, 7) is 3.08. The molecule has 0 aromatic heterocycles. The first-order valence-corrected chi connectivity index (χ1v) is 9.85. The maximum atomic E-state index is 13.1. The van der Waals surface area contributed by atoms with Crippen molar-refractivity contribution in [1.82, 2.24) is 4.90 Å². The normalized spacial score (nSPS) is 35.4. The molecule has 0 spiro atoms. The Balaban J connectivity index is 1.33. The van der Waals surface area contributed by atoms with Gasteiger partial charge in [0.15, 0.2) is 5.78 Å². The van der Waals surface area contributed by atoms with Gasteiger partial charge in [-0.3, -0.25) is 24.1 Å². The fourth-order valence-electron chi connectivity index (χ4n) is 5.51. The Morgan fingerprint density at radius 1 is 1.00 bits per heavy atom. The van der Waals surface area contributed by atoms with Gasteiger partial charge < -0.3 is 5.32 Å². The lowest BCUT2D eigenvalue weighted by Crippen LogP contribution is -2.46. The van der Waals surface area contributed by atoms with Gasteiger partial charge in [-0.2, -0.15) is 0 Å². The van der Waals surface area contributed by atoms with Gasteiger partial charge >= 0.3 is 0 Å². The number of Topliss-reactive ketones (excluding diaryl/α,β-unsaturated/α-hetero) is 1. The molecule has 3 fully saturated rings. The average Bonchev–Trinajstić information content (AvgIpc) is 3.45. The van der Waals surface area contributed by atoms with Crippen molar-refractivity contribution in [1.29, 1.82) is 0 Å². The molecule has 6 heteroatoms. The number of likely N-dealkylation sites (tertiary alicyclic amines) is 1. The molecular weight excluding hydrogens is 356 g/mol. The number of anilines is 1. The number of nitrogens with one attached hydrogen (secondary N) is 1. The summed E-state index contributed by atoms with van der Waals surface area (Å²) >= 11 is 0. The Kier molecular flexibility index (Phi) is 3.63. The van der Waals surface area contributed by atoms with Crippen LogP contribution in [0.1, 0.15) is 30.6 Å². The Morgan fingerprint density at radius 3 is 2.04 bits per heavy atom. The summed E-state index contributed by atoms with van der Waals surface area (Å²) in [4.78, 5) is 51.4. The molecule has 4 aliphatic carbocycles. The fraction of sp³-hybridized carbons (Fsp3) is 0.455. The van der Waals surface area contributed by atoms with Crippen LogP contribution < -0.4 is 5.32 Å². The third-order valence-corrected chi connectivity index (χ3v) is 7.02. The number of benzene rings is 1. The molecule has 1 aromatic rings. The molecule has 6 nitrogen and oxygen atoms in total. The van der Waals surface area contributed by atoms with E-state index in [-0.39, 0.29) is 41.3 Å². The highest BCUT2D eigenvalue weighted by atomic mass is 16.2. The number of nitrogens with zero attached hydrogens (tertiary/aromatic N) is 1. The molecule has 1 aromatic carbocycles. The van der Waals surface area contributed by atoms with Crippen LogP contribution in [-0.4, -0.2) is 34.4 Å². The van der Waals surface area contributed by atoms with E-state index < -0.39 is 11.9 Å². The molecular formula is C22H22N2O4. The van der Waals surface area contributed by atoms with Crippen LogP contribution in [0.25, 0.3) is 0 Å². The fourth-order valence-corrected chi connectivity index (χ4v) is 5.51. The van der Waals surface area contributed by atoms with Crippen LogP contribution in [-0.2, 0) is 14.4 Å². The zero-order valence-corrected chi connectivity index (χ0v) is 15.8. The van der Waals surface area contributed by atoms with Crippen LogP contribution in [0.15, 0.2) is 36.4 Å². The highest BCUT2D eigenvalue weighted by molar-refractivity contribution is 6.10. The van der Waals surface area contributed by atoms with Gasteiger partial charge in [-0.1, -0.05) is 12.2 Å². The van der Waals surface area contributed by atoms with Crippen LogP contribution in [0.3, 0.4) is 0 Å². The van der Waals surface area contributed by atoms with E-state index in [0.29, 0.717) is 23.1 Å². The number of hydrogen-bond donors (Lipinski definition) is 1. The lowest BCUT2D eigenvalue weighted by Gasteiger charge is -2.37. The van der Waals surface area contributed by atoms with Crippen LogP contribution in [0, 0.1) is 35.5 Å². The Labute approximate surface area is 163 Å². The Bertz CT molecular complexity index is 898. The van der Waals surface area contributed by atoms with E-state index in [1.54, 1.807) is 31.2 Å². The first-order valence-electron chi connectivity index (χ1n) is 9.85. The molecule has 1 aliphatic heterocycles. The second kappa shape index (κ2) is 5.87. The number of rotatable bonds is 4. The van der Waals surface area contributed by atoms with Crippen LogP contribution >= 0.6 is 0 Å². The van der Waals surface area contributed by atoms with Crippen LogP contribution in [0.2, 0.25) is 0 Å². The van der Waals surface area contributed by atoms with Gasteiger partial charge in [-0.05, 0) is 68.2 Å². The van der Waals surface area contributed by atoms with Crippen molar-refractivity contribution in [2.45, 2.75) is 26.3 Å². The zero-order chi connectivity index (χ0) is 19.7. The van der Waals surface area contributed by atoms with Gasteiger partial charge in [-0.15, -0.1) is 0 Å². The molecule has 2 saturated carbocycles. The molecule has 7 atom stereocenters. The van der Waals surface area contributed by atoms with Crippen molar-refractivity contribution in [3.05, 3.63) is 42.0 Å². The third-order valence-electron chi connectivity index (χ3n) is 7.02. The minimum Gasteiger partial charge on any atom is -0.324 e. The predicted octanol–water partition coefficient (Wildman–Crippen LogP) is 2.27. The number of amides is 3. The summed E-state index contributed by atoms with van der Waals surface area (Å²) in [6, 6.07) is 5.70. The molecule has 3 amide bonds. The maximum absolute atomic E-state index is 13.1. The smallest absolute Gasteiger partial charge is 0.247 e. The first kappa shape index (κ1) is 17.3. The van der Waals surface area contributed by atoms with Gasteiger partial charge in [0.2, 0.25) is 17.7 Å². The number of hydrogen-bond acceptors (Lipinski definition) is 4. The van der Waals surface area contributed by atoms with E-state index in [0.717, 1.165) is 6.42 Å². The van der Waals surface area contributed by atoms with Crippen molar-refractivity contribution >= 4 is 29.2 Å². The SMILES string of the molecule is CC(=O)c1ccc(NC(=O)[C@H](C)N2C(=O)[C@@H]3[C@@H]4C=C[C@H]([C@H]5C[C@H]45)[C@@H]3C2=O)cc1. The second-order valence-electron chi connectivity index (χ2n) is 8.50. The van der Waals surface area contributed by atoms with Gasteiger partial charge in [0.25, 0.3) is 0 Å². The Hall–Kier alpha value is -2.76. The number of ketones is 1. The molecule has 28 heavy (non-hydrogen) atoms. The summed E-state index contributed by atoms with van der Waals surface area (Å²) < 4.78 is 0. The minimum absolute atomic E-state index is 0.0524. The molecule has 144 valence electrons. The standard InChI is InChI=1S/C22H22N2O4/c1-10(20(26)23-13-5-3-12(4-6-13)11(2)25)24-21(27)18-14-7-8-15(17-9-16(14)17)19(18)22(24)28/h3-8,10,14-19H,9H2,1-2H3,(H,23,26)/t10-,14+,15+,16+,17+,18-,19+/m0/s1. The zero-order valence-electron chi connectivity index (χ0n) is 15.8. The highest BCUT2D eigenvalue weighted by Gasteiger charge is 2.67. The van der Waals surface area contributed by atoms with E-state index >= 15 is 0 Å². The van der Waals surface area contributed by atoms with Crippen LogP contribution in [0.5, 0.6) is 0 Å². The van der Waals surface area contributed by atoms with Gasteiger partial charge in [0.1, 0.15) is 6.04 Å². The summed E-state index contributed by atoms with van der Waals surface area (Å²) in [5.41, 5.74) is 1.09. The average molecular weight is 378 g/mol. The first-order chi connectivity index (χ1) is 13.4. The van der Waals surface area contributed by atoms with Gasteiger partial charge in [0, 0.05) is 11.3 Å². The quantitative estimate of drug-likeness (QED) is 0.495. The molecule has 1 heterocycles. The van der Waals surface area contributed by atoms with E-state index in [4.69, 9.17) is 0 Å². The van der Waals surface area contributed by atoms with E-state index in [2.05, 4.69) is 17.5 Å². The number of carbonyl (C=O) groups excluding carboxylic acids is 4. The van der Waals surface area contributed by atoms with Gasteiger partial charge in [-0.25, -0.2) is 0 Å². The molecule has 5 aliphatic rings. The topological polar surface area (TPSA) is 83.6 Å². The predicted molar refractivity (Wildman–Crippen MR) is 101 cm³/mol. The van der Waals surface area contributed by atoms with E-state index in [9.17, 15) is 19.2 Å². The van der Waals surface area contributed by atoms with Crippen molar-refractivity contribution < 1.29 is 19.2 Å². The highest BCUT2D eigenvalue weighted by Crippen LogP contribution is 2.65. The second-order valence-corrected chi connectivity index (χ2v) is 8.50. The van der Waals surface area contributed by atoms with E-state index in [1.807, 2.05) is 0 Å². The number of allylic oxidation sites excluding steroid dienone is 2. The molecule has 1 saturated heterocycles. The van der Waals surface area contributed by atoms with Crippen molar-refractivity contribution in [2.75, 3.05) is 5.32 Å². The molecule has 2 bridgehead atoms. The van der Waals surface area contributed by atoms with Crippen molar-refractivity contribution in [3.63, 3.8) is 0 Å². The summed E-state index contributed by atoms with van der Waals surface area (Å²) in [6.07, 6.45) is 5.36. The molecule has 6 rings (SSSR count).